The molecule has 0 fully saturated rings. The van der Waals surface area contributed by atoms with Crippen molar-refractivity contribution in [2.45, 2.75) is 26.9 Å². The lowest BCUT2D eigenvalue weighted by atomic mass is 9.89. The lowest BCUT2D eigenvalue weighted by Crippen LogP contribution is -2.40. The highest BCUT2D eigenvalue weighted by molar-refractivity contribution is 5.92. The van der Waals surface area contributed by atoms with E-state index in [2.05, 4.69) is 15.6 Å². The number of benzene rings is 1. The van der Waals surface area contributed by atoms with Crippen molar-refractivity contribution in [2.24, 2.45) is 5.41 Å². The predicted octanol–water partition coefficient (Wildman–Crippen LogP) is 2.70. The van der Waals surface area contributed by atoms with Crippen LogP contribution in [0.1, 0.15) is 20.8 Å². The summed E-state index contributed by atoms with van der Waals surface area (Å²) < 4.78 is 0. The molecule has 1 heterocycles. The van der Waals surface area contributed by atoms with Crippen molar-refractivity contribution in [1.29, 1.82) is 0 Å². The van der Waals surface area contributed by atoms with E-state index in [9.17, 15) is 9.90 Å². The van der Waals surface area contributed by atoms with Crippen molar-refractivity contribution in [1.82, 2.24) is 10.3 Å². The Morgan fingerprint density at radius 2 is 2.10 bits per heavy atom. The molecule has 0 bridgehead atoms. The fourth-order valence-corrected chi connectivity index (χ4v) is 1.80. The lowest BCUT2D eigenvalue weighted by Gasteiger charge is -2.25. The molecule has 0 aliphatic heterocycles. The van der Waals surface area contributed by atoms with Gasteiger partial charge in [-0.3, -0.25) is 0 Å². The van der Waals surface area contributed by atoms with Crippen LogP contribution in [0, 0.1) is 5.41 Å². The van der Waals surface area contributed by atoms with Gasteiger partial charge in [0.2, 0.25) is 0 Å². The summed E-state index contributed by atoms with van der Waals surface area (Å²) in [5.74, 6) is 0. The number of urea groups is 1. The van der Waals surface area contributed by atoms with E-state index in [0.29, 0.717) is 0 Å². The number of fused-ring (bicyclic) bond motifs is 1. The van der Waals surface area contributed by atoms with Gasteiger partial charge in [-0.05, 0) is 29.7 Å². The summed E-state index contributed by atoms with van der Waals surface area (Å²) in [6.07, 6.45) is 1.27. The van der Waals surface area contributed by atoms with Gasteiger partial charge in [0, 0.05) is 29.3 Å². The van der Waals surface area contributed by atoms with E-state index in [0.717, 1.165) is 16.6 Å². The van der Waals surface area contributed by atoms with Crippen LogP contribution in [-0.2, 0) is 0 Å². The third kappa shape index (κ3) is 3.51. The Kier molecular flexibility index (Phi) is 3.99. The number of H-pyrrole nitrogens is 1. The summed E-state index contributed by atoms with van der Waals surface area (Å²) in [6, 6.07) is 7.27. The number of aliphatic hydroxyl groups is 1. The highest BCUT2D eigenvalue weighted by atomic mass is 16.3. The number of aromatic amines is 1. The number of carbonyl (C=O) groups excluding carboxylic acids is 1. The Bertz CT molecular complexity index is 598. The summed E-state index contributed by atoms with van der Waals surface area (Å²) in [4.78, 5) is 14.9. The molecule has 2 rings (SSSR count). The molecular formula is C15H21N3O2. The molecule has 0 saturated carbocycles. The molecule has 108 valence electrons. The first kappa shape index (κ1) is 14.4. The Balaban J connectivity index is 1.91. The minimum atomic E-state index is -0.583. The first-order valence-electron chi connectivity index (χ1n) is 6.66. The largest absolute Gasteiger partial charge is 0.391 e. The topological polar surface area (TPSA) is 77.2 Å². The standard InChI is InChI=1S/C15H21N3O2/c1-15(2,3)13(19)9-17-14(20)18-11-4-5-12-10(8-11)6-7-16-12/h4-8,13,16,19H,9H2,1-3H3,(H2,17,18,20). The summed E-state index contributed by atoms with van der Waals surface area (Å²) in [6.45, 7) is 6.01. The van der Waals surface area contributed by atoms with Gasteiger partial charge in [-0.1, -0.05) is 20.8 Å². The highest BCUT2D eigenvalue weighted by Crippen LogP contribution is 2.19. The fourth-order valence-electron chi connectivity index (χ4n) is 1.80. The Morgan fingerprint density at radius 3 is 2.80 bits per heavy atom. The highest BCUT2D eigenvalue weighted by Gasteiger charge is 2.22. The third-order valence-corrected chi connectivity index (χ3v) is 3.27. The van der Waals surface area contributed by atoms with Crippen molar-refractivity contribution in [3.63, 3.8) is 0 Å². The molecule has 0 aliphatic rings. The summed E-state index contributed by atoms with van der Waals surface area (Å²) in [7, 11) is 0. The predicted molar refractivity (Wildman–Crippen MR) is 80.8 cm³/mol. The summed E-state index contributed by atoms with van der Waals surface area (Å²) in [5, 5.41) is 16.3. The molecule has 5 heteroatoms. The maximum Gasteiger partial charge on any atom is 0.319 e. The summed E-state index contributed by atoms with van der Waals surface area (Å²) in [5.41, 5.74) is 1.50. The molecule has 5 nitrogen and oxygen atoms in total. The van der Waals surface area contributed by atoms with E-state index in [1.54, 1.807) is 0 Å². The minimum Gasteiger partial charge on any atom is -0.391 e. The van der Waals surface area contributed by atoms with E-state index in [1.807, 2.05) is 51.2 Å². The molecule has 0 saturated heterocycles. The SMILES string of the molecule is CC(C)(C)C(O)CNC(=O)Nc1ccc2[nH]ccc2c1. The van der Waals surface area contributed by atoms with Crippen molar-refractivity contribution >= 4 is 22.6 Å². The molecule has 4 N–H and O–H groups in total. The third-order valence-electron chi connectivity index (χ3n) is 3.27. The number of hydrogen-bond donors (Lipinski definition) is 4. The van der Waals surface area contributed by atoms with Gasteiger partial charge in [0.25, 0.3) is 0 Å². The normalized spacial score (nSPS) is 13.2. The number of amides is 2. The average Bonchev–Trinajstić information content (AvgIpc) is 2.82. The zero-order valence-corrected chi connectivity index (χ0v) is 12.0. The maximum absolute atomic E-state index is 11.8. The zero-order valence-electron chi connectivity index (χ0n) is 12.0. The van der Waals surface area contributed by atoms with Crippen molar-refractivity contribution in [3.8, 4) is 0 Å². The second-order valence-corrected chi connectivity index (χ2v) is 6.00. The van der Waals surface area contributed by atoms with Crippen molar-refractivity contribution in [2.75, 3.05) is 11.9 Å². The average molecular weight is 275 g/mol. The number of aromatic nitrogens is 1. The van der Waals surface area contributed by atoms with Gasteiger partial charge in [0.1, 0.15) is 0 Å². The Morgan fingerprint density at radius 1 is 1.35 bits per heavy atom. The molecule has 0 aliphatic carbocycles. The van der Waals surface area contributed by atoms with Gasteiger partial charge in [-0.15, -0.1) is 0 Å². The molecule has 1 aromatic heterocycles. The van der Waals surface area contributed by atoms with E-state index >= 15 is 0 Å². The zero-order chi connectivity index (χ0) is 14.8. The molecular weight excluding hydrogens is 254 g/mol. The van der Waals surface area contributed by atoms with Gasteiger partial charge >= 0.3 is 6.03 Å². The molecule has 0 spiro atoms. The molecule has 2 amide bonds. The molecule has 0 radical (unpaired) electrons. The van der Waals surface area contributed by atoms with Crippen LogP contribution >= 0.6 is 0 Å². The monoisotopic (exact) mass is 275 g/mol. The van der Waals surface area contributed by atoms with Gasteiger partial charge in [0.05, 0.1) is 6.10 Å². The van der Waals surface area contributed by atoms with Gasteiger partial charge < -0.3 is 20.7 Å². The second-order valence-electron chi connectivity index (χ2n) is 6.00. The lowest BCUT2D eigenvalue weighted by molar-refractivity contribution is 0.0654. The molecule has 2 aromatic rings. The van der Waals surface area contributed by atoms with Crippen LogP contribution in [-0.4, -0.2) is 28.8 Å². The quantitative estimate of drug-likeness (QED) is 0.695. The Hall–Kier alpha value is -2.01. The maximum atomic E-state index is 11.8. The first-order chi connectivity index (χ1) is 9.36. The number of aliphatic hydroxyl groups excluding tert-OH is 1. The molecule has 1 unspecified atom stereocenters. The van der Waals surface area contributed by atoms with Gasteiger partial charge in [0.15, 0.2) is 0 Å². The molecule has 1 aromatic carbocycles. The van der Waals surface area contributed by atoms with Crippen molar-refractivity contribution in [3.05, 3.63) is 30.5 Å². The van der Waals surface area contributed by atoms with Crippen LogP contribution in [0.5, 0.6) is 0 Å². The van der Waals surface area contributed by atoms with Crippen LogP contribution < -0.4 is 10.6 Å². The van der Waals surface area contributed by atoms with Crippen LogP contribution in [0.15, 0.2) is 30.5 Å². The number of carbonyl (C=O) groups is 1. The van der Waals surface area contributed by atoms with Crippen LogP contribution in [0.2, 0.25) is 0 Å². The van der Waals surface area contributed by atoms with E-state index in [-0.39, 0.29) is 18.0 Å². The number of anilines is 1. The molecule has 20 heavy (non-hydrogen) atoms. The van der Waals surface area contributed by atoms with Crippen LogP contribution in [0.4, 0.5) is 10.5 Å². The smallest absolute Gasteiger partial charge is 0.319 e. The fraction of sp³-hybridized carbons (Fsp3) is 0.400. The van der Waals surface area contributed by atoms with Gasteiger partial charge in [-0.2, -0.15) is 0 Å². The number of rotatable bonds is 3. The van der Waals surface area contributed by atoms with Crippen LogP contribution in [0.3, 0.4) is 0 Å². The van der Waals surface area contributed by atoms with Crippen LogP contribution in [0.25, 0.3) is 10.9 Å². The number of hydrogen-bond acceptors (Lipinski definition) is 2. The summed E-state index contributed by atoms with van der Waals surface area (Å²) >= 11 is 0. The van der Waals surface area contributed by atoms with Crippen molar-refractivity contribution < 1.29 is 9.90 Å². The minimum absolute atomic E-state index is 0.224. The van der Waals surface area contributed by atoms with E-state index in [1.165, 1.54) is 0 Å². The van der Waals surface area contributed by atoms with E-state index in [4.69, 9.17) is 0 Å². The Labute approximate surface area is 118 Å². The van der Waals surface area contributed by atoms with Gasteiger partial charge in [-0.25, -0.2) is 4.79 Å². The second kappa shape index (κ2) is 5.54. The first-order valence-corrected chi connectivity index (χ1v) is 6.66. The molecule has 1 atom stereocenters. The van der Waals surface area contributed by atoms with E-state index < -0.39 is 6.10 Å². The number of nitrogens with one attached hydrogen (secondary N) is 3.